The molecule has 0 bridgehead atoms. The molecule has 0 unspecified atom stereocenters. The summed E-state index contributed by atoms with van der Waals surface area (Å²) < 4.78 is 0. The smallest absolute Gasteiger partial charge is 0.151 e. The van der Waals surface area contributed by atoms with Gasteiger partial charge in [0.1, 0.15) is 0 Å². The van der Waals surface area contributed by atoms with Crippen molar-refractivity contribution in [1.29, 1.82) is 0 Å². The molecule has 10 heteroatoms. The molecule has 0 radical (unpaired) electrons. The molecule has 0 aliphatic rings. The summed E-state index contributed by atoms with van der Waals surface area (Å²) >= 11 is 0. The molecule has 0 amide bonds. The number of aliphatic hydroxyl groups is 4. The molecule has 0 atom stereocenters. The van der Waals surface area contributed by atoms with Crippen LogP contribution in [0.5, 0.6) is 0 Å². The number of aliphatic hydroxyl groups excluding tert-OH is 4. The minimum absolute atomic E-state index is 0. The van der Waals surface area contributed by atoms with E-state index in [1.54, 1.807) is 0 Å². The molecule has 0 fully saturated rings. The van der Waals surface area contributed by atoms with E-state index in [9.17, 15) is 19.8 Å². The van der Waals surface area contributed by atoms with Gasteiger partial charge in [0.05, 0.1) is 0 Å². The normalized spacial score (nSPS) is 9.11. The molecule has 8 nitrogen and oxygen atoms in total. The molecule has 36 heavy (non-hydrogen) atoms. The van der Waals surface area contributed by atoms with Crippen LogP contribution in [0.2, 0.25) is 0 Å². The first kappa shape index (κ1) is 56.0. The second-order valence-corrected chi connectivity index (χ2v) is 7.04. The fourth-order valence-corrected chi connectivity index (χ4v) is 1.20. The molecule has 0 aromatic rings. The Morgan fingerprint density at radius 1 is 0.528 bits per heavy atom. The molecular formula is C26H54O8Ti2-2. The largest absolute Gasteiger partial charge is 0.876 e. The van der Waals surface area contributed by atoms with Crippen molar-refractivity contribution in [1.82, 2.24) is 0 Å². The van der Waals surface area contributed by atoms with Crippen molar-refractivity contribution in [3.05, 3.63) is 23.7 Å². The molecular weight excluding hydrogens is 536 g/mol. The van der Waals surface area contributed by atoms with Gasteiger partial charge in [0, 0.05) is 69.9 Å². The molecule has 0 saturated heterocycles. The second kappa shape index (κ2) is 59.7. The van der Waals surface area contributed by atoms with E-state index in [-0.39, 0.29) is 66.5 Å². The van der Waals surface area contributed by atoms with E-state index in [1.165, 1.54) is 27.7 Å². The Morgan fingerprint density at radius 3 is 0.694 bits per heavy atom. The molecule has 0 spiro atoms. The van der Waals surface area contributed by atoms with Crippen molar-refractivity contribution in [2.24, 2.45) is 0 Å². The zero-order valence-electron chi connectivity index (χ0n) is 24.1. The van der Waals surface area contributed by atoms with Gasteiger partial charge < -0.3 is 30.6 Å². The summed E-state index contributed by atoms with van der Waals surface area (Å²) in [5.41, 5.74) is 0. The van der Waals surface area contributed by atoms with Crippen LogP contribution in [0.4, 0.5) is 0 Å². The molecule has 0 aliphatic carbocycles. The minimum atomic E-state index is -0.187. The van der Waals surface area contributed by atoms with E-state index in [0.29, 0.717) is 26.4 Å². The predicted octanol–water partition coefficient (Wildman–Crippen LogP) is 2.79. The van der Waals surface area contributed by atoms with Crippen molar-refractivity contribution in [3.8, 4) is 0 Å². The van der Waals surface area contributed by atoms with Crippen LogP contribution in [0.3, 0.4) is 0 Å². The Labute approximate surface area is 251 Å². The summed E-state index contributed by atoms with van der Waals surface area (Å²) in [6.07, 6.45) is 10.3. The van der Waals surface area contributed by atoms with Crippen LogP contribution >= 0.6 is 0 Å². The average molecular weight is 590 g/mol. The quantitative estimate of drug-likeness (QED) is 0.172. The van der Waals surface area contributed by atoms with Gasteiger partial charge in [0.2, 0.25) is 0 Å². The number of carbonyl (C=O) groups is 2. The van der Waals surface area contributed by atoms with Gasteiger partial charge in [-0.15, -0.1) is 11.5 Å². The molecule has 0 aromatic carbocycles. The molecule has 0 aromatic heterocycles. The van der Waals surface area contributed by atoms with Crippen molar-refractivity contribution >= 4 is 11.6 Å². The van der Waals surface area contributed by atoms with Crippen LogP contribution in [0.25, 0.3) is 0 Å². The van der Waals surface area contributed by atoms with Gasteiger partial charge in [0.15, 0.2) is 11.6 Å². The third-order valence-electron chi connectivity index (χ3n) is 2.86. The first-order valence-electron chi connectivity index (χ1n) is 12.1. The number of unbranched alkanes of at least 4 members (excludes halogenated alkanes) is 4. The maximum Gasteiger partial charge on any atom is 0.151 e. The van der Waals surface area contributed by atoms with Gasteiger partial charge in [-0.2, -0.15) is 0 Å². The van der Waals surface area contributed by atoms with E-state index in [1.807, 2.05) is 0 Å². The fraction of sp³-hybridized carbons (Fsp3) is 0.769. The van der Waals surface area contributed by atoms with Gasteiger partial charge in [-0.05, 0) is 51.7 Å². The Hall–Kier alpha value is -0.311. The molecule has 216 valence electrons. The van der Waals surface area contributed by atoms with Crippen LogP contribution in [0.1, 0.15) is 107 Å². The van der Waals surface area contributed by atoms with Gasteiger partial charge in [-0.1, -0.05) is 67.2 Å². The minimum Gasteiger partial charge on any atom is -0.876 e. The number of hydrogen-bond donors (Lipinski definition) is 4. The van der Waals surface area contributed by atoms with Crippen molar-refractivity contribution < 1.29 is 83.7 Å². The third kappa shape index (κ3) is 146. The summed E-state index contributed by atoms with van der Waals surface area (Å²) in [5, 5.41) is 52.2. The van der Waals surface area contributed by atoms with Crippen molar-refractivity contribution in [2.75, 3.05) is 26.4 Å². The third-order valence-corrected chi connectivity index (χ3v) is 2.86. The molecule has 0 heterocycles. The van der Waals surface area contributed by atoms with E-state index < -0.39 is 0 Å². The zero-order valence-corrected chi connectivity index (χ0v) is 27.2. The Bertz CT molecular complexity index is 376. The van der Waals surface area contributed by atoms with E-state index >= 15 is 0 Å². The average Bonchev–Trinajstić information content (AvgIpc) is 2.71. The molecule has 4 N–H and O–H groups in total. The van der Waals surface area contributed by atoms with Crippen LogP contribution in [0.15, 0.2) is 23.7 Å². The van der Waals surface area contributed by atoms with Gasteiger partial charge in [0.25, 0.3) is 0 Å². The van der Waals surface area contributed by atoms with Crippen LogP contribution in [-0.4, -0.2) is 58.4 Å². The second-order valence-electron chi connectivity index (χ2n) is 7.04. The Balaban J connectivity index is -0.0000000434. The zero-order chi connectivity index (χ0) is 28.2. The number of allylic oxidation sites excluding steroid dienone is 4. The maximum absolute atomic E-state index is 9.98. The Morgan fingerprint density at radius 2 is 0.694 bits per heavy atom. The molecule has 0 aliphatic heterocycles. The monoisotopic (exact) mass is 590 g/mol. The summed E-state index contributed by atoms with van der Waals surface area (Å²) in [4.78, 5) is 20.0. The number of carbonyl (C=O) groups excluding carboxylic acids is 2. The van der Waals surface area contributed by atoms with Crippen molar-refractivity contribution in [3.63, 3.8) is 0 Å². The summed E-state index contributed by atoms with van der Waals surface area (Å²) in [6.45, 7) is 15.0. The van der Waals surface area contributed by atoms with E-state index in [4.69, 9.17) is 20.4 Å². The molecule has 0 rings (SSSR count). The topological polar surface area (TPSA) is 161 Å². The Kier molecular flexibility index (Phi) is 92.8. The summed E-state index contributed by atoms with van der Waals surface area (Å²) in [7, 11) is 0. The van der Waals surface area contributed by atoms with E-state index in [0.717, 1.165) is 63.5 Å². The van der Waals surface area contributed by atoms with Gasteiger partial charge >= 0.3 is 0 Å². The van der Waals surface area contributed by atoms with Crippen molar-refractivity contribution in [2.45, 2.75) is 107 Å². The number of hydrogen-bond acceptors (Lipinski definition) is 8. The van der Waals surface area contributed by atoms with Crippen LogP contribution in [-0.2, 0) is 53.0 Å². The summed E-state index contributed by atoms with van der Waals surface area (Å²) in [6, 6.07) is 0. The maximum atomic E-state index is 9.98. The van der Waals surface area contributed by atoms with Crippen LogP contribution < -0.4 is 10.2 Å². The first-order valence-corrected chi connectivity index (χ1v) is 12.1. The van der Waals surface area contributed by atoms with Gasteiger partial charge in [-0.25, -0.2) is 0 Å². The fourth-order valence-electron chi connectivity index (χ4n) is 1.20. The molecule has 0 saturated carbocycles. The number of rotatable bonds is 10. The van der Waals surface area contributed by atoms with Gasteiger partial charge in [-0.3, -0.25) is 9.59 Å². The SMILES string of the molecule is CC(=O)/C=C(/C)[O-].CC(=O)/C=C(/C)[O-].CCCCO.CCCCO.CCCCO.CCCCO.[Ti].[Ti]. The van der Waals surface area contributed by atoms with E-state index in [2.05, 4.69) is 27.7 Å². The standard InChI is InChI=1S/2C5H8O2.4C4H10O.2Ti/c2*1-4(6)3-5(2)7;4*1-2-3-4-5;;/h2*3,6H,1-2H3;4*5H,2-4H2,1H3;;/p-2/b2*4-3-;;;;;;. The first-order chi connectivity index (χ1) is 15.9. The number of ketones is 2. The van der Waals surface area contributed by atoms with Crippen LogP contribution in [0, 0.1) is 0 Å². The predicted molar refractivity (Wildman–Crippen MR) is 137 cm³/mol. The summed E-state index contributed by atoms with van der Waals surface area (Å²) in [5.74, 6) is -0.750.